The van der Waals surface area contributed by atoms with Crippen LogP contribution in [0.15, 0.2) is 34.9 Å². The second-order valence-corrected chi connectivity index (χ2v) is 5.98. The highest BCUT2D eigenvalue weighted by Gasteiger charge is 2.14. The van der Waals surface area contributed by atoms with Gasteiger partial charge in [-0.3, -0.25) is 14.8 Å². The molecule has 0 saturated heterocycles. The second-order valence-electron chi connectivity index (χ2n) is 4.09. The molecule has 20 heavy (non-hydrogen) atoms. The van der Waals surface area contributed by atoms with E-state index in [1.165, 1.54) is 11.3 Å². The summed E-state index contributed by atoms with van der Waals surface area (Å²) in [6, 6.07) is 7.55. The third-order valence-corrected chi connectivity index (χ3v) is 4.41. The molecule has 1 N–H and O–H groups in total. The van der Waals surface area contributed by atoms with Crippen LogP contribution in [0.1, 0.15) is 17.4 Å². The van der Waals surface area contributed by atoms with E-state index in [-0.39, 0.29) is 5.91 Å². The van der Waals surface area contributed by atoms with Crippen LogP contribution in [0.2, 0.25) is 0 Å². The average molecular weight is 351 g/mol. The van der Waals surface area contributed by atoms with Crippen LogP contribution < -0.4 is 5.32 Å². The Morgan fingerprint density at radius 1 is 1.45 bits per heavy atom. The summed E-state index contributed by atoms with van der Waals surface area (Å²) in [5.74, 6) is -0.195. The van der Waals surface area contributed by atoms with E-state index in [2.05, 4.69) is 31.3 Å². The number of anilines is 1. The van der Waals surface area contributed by atoms with Crippen molar-refractivity contribution in [1.82, 2.24) is 14.8 Å². The number of rotatable bonds is 3. The number of thiazole rings is 1. The molecule has 0 radical (unpaired) electrons. The molecule has 2 heterocycles. The Balaban J connectivity index is 1.90. The topological polar surface area (TPSA) is 59.8 Å². The first kappa shape index (κ1) is 13.3. The molecule has 3 rings (SSSR count). The minimum atomic E-state index is -0.195. The lowest BCUT2D eigenvalue weighted by atomic mass is 10.3. The minimum absolute atomic E-state index is 0.195. The van der Waals surface area contributed by atoms with E-state index in [1.807, 2.05) is 25.1 Å². The molecule has 0 bridgehead atoms. The van der Waals surface area contributed by atoms with Crippen molar-refractivity contribution in [1.29, 1.82) is 0 Å². The lowest BCUT2D eigenvalue weighted by molar-refractivity contribution is 0.101. The molecule has 0 aliphatic carbocycles. The molecular weight excluding hydrogens is 340 g/mol. The summed E-state index contributed by atoms with van der Waals surface area (Å²) in [4.78, 5) is 16.6. The number of aromatic nitrogens is 3. The van der Waals surface area contributed by atoms with Crippen molar-refractivity contribution in [3.63, 3.8) is 0 Å². The van der Waals surface area contributed by atoms with Gasteiger partial charge in [0.15, 0.2) is 5.13 Å². The van der Waals surface area contributed by atoms with Gasteiger partial charge >= 0.3 is 0 Å². The summed E-state index contributed by atoms with van der Waals surface area (Å²) in [5.41, 5.74) is 1.39. The maximum atomic E-state index is 12.2. The zero-order valence-corrected chi connectivity index (χ0v) is 13.0. The second kappa shape index (κ2) is 5.34. The van der Waals surface area contributed by atoms with Crippen molar-refractivity contribution < 1.29 is 4.79 Å². The van der Waals surface area contributed by atoms with Crippen LogP contribution in [-0.4, -0.2) is 20.7 Å². The number of aryl methyl sites for hydroxylation is 1. The number of nitrogens with one attached hydrogen (secondary N) is 1. The van der Waals surface area contributed by atoms with Crippen molar-refractivity contribution in [3.8, 4) is 0 Å². The molecule has 0 aliphatic heterocycles. The molecule has 5 nitrogen and oxygen atoms in total. The van der Waals surface area contributed by atoms with Crippen LogP contribution in [0, 0.1) is 0 Å². The number of hydrogen-bond donors (Lipinski definition) is 1. The van der Waals surface area contributed by atoms with Crippen LogP contribution in [0.3, 0.4) is 0 Å². The van der Waals surface area contributed by atoms with Crippen LogP contribution in [-0.2, 0) is 6.54 Å². The predicted molar refractivity (Wildman–Crippen MR) is 83.2 cm³/mol. The number of nitrogens with zero attached hydrogens (tertiary/aromatic N) is 3. The van der Waals surface area contributed by atoms with Gasteiger partial charge in [-0.1, -0.05) is 17.4 Å². The maximum Gasteiger partial charge on any atom is 0.275 e. The first-order chi connectivity index (χ1) is 9.69. The number of fused-ring (bicyclic) bond motifs is 1. The number of benzene rings is 1. The summed E-state index contributed by atoms with van der Waals surface area (Å²) in [7, 11) is 0. The molecule has 0 saturated carbocycles. The monoisotopic (exact) mass is 350 g/mol. The normalized spacial score (nSPS) is 10.9. The van der Waals surface area contributed by atoms with Gasteiger partial charge in [-0.05, 0) is 41.1 Å². The predicted octanol–water partition coefficient (Wildman–Crippen LogP) is 3.53. The highest BCUT2D eigenvalue weighted by atomic mass is 79.9. The van der Waals surface area contributed by atoms with E-state index >= 15 is 0 Å². The van der Waals surface area contributed by atoms with Gasteiger partial charge in [0.2, 0.25) is 0 Å². The summed E-state index contributed by atoms with van der Waals surface area (Å²) in [6.07, 6.45) is 1.62. The van der Waals surface area contributed by atoms with E-state index in [0.29, 0.717) is 17.4 Å². The minimum Gasteiger partial charge on any atom is -0.296 e. The van der Waals surface area contributed by atoms with Crippen molar-refractivity contribution in [2.45, 2.75) is 13.5 Å². The highest BCUT2D eigenvalue weighted by Crippen LogP contribution is 2.30. The van der Waals surface area contributed by atoms with E-state index < -0.39 is 0 Å². The standard InChI is InChI=1S/C13H11BrN4OS/c1-2-18-9(6-7-15-18)12(19)17-13-16-11-8(14)4-3-5-10(11)20-13/h3-7H,2H2,1H3,(H,16,17,19). The molecule has 0 atom stereocenters. The molecular formula is C13H11BrN4OS. The van der Waals surface area contributed by atoms with Crippen LogP contribution in [0.4, 0.5) is 5.13 Å². The van der Waals surface area contributed by atoms with Crippen LogP contribution in [0.5, 0.6) is 0 Å². The first-order valence-corrected chi connectivity index (χ1v) is 7.68. The summed E-state index contributed by atoms with van der Waals surface area (Å²) in [6.45, 7) is 2.60. The summed E-state index contributed by atoms with van der Waals surface area (Å²) in [5, 5.41) is 7.49. The average Bonchev–Trinajstić information content (AvgIpc) is 3.04. The third kappa shape index (κ3) is 2.34. The Bertz CT molecular complexity index is 780. The fourth-order valence-electron chi connectivity index (χ4n) is 1.91. The Morgan fingerprint density at radius 2 is 2.30 bits per heavy atom. The summed E-state index contributed by atoms with van der Waals surface area (Å²) < 4.78 is 3.60. The molecule has 7 heteroatoms. The number of para-hydroxylation sites is 1. The molecule has 2 aromatic heterocycles. The fraction of sp³-hybridized carbons (Fsp3) is 0.154. The zero-order valence-electron chi connectivity index (χ0n) is 10.6. The molecule has 3 aromatic rings. The zero-order chi connectivity index (χ0) is 14.1. The van der Waals surface area contributed by atoms with Gasteiger partial charge in [-0.15, -0.1) is 0 Å². The van der Waals surface area contributed by atoms with E-state index in [0.717, 1.165) is 14.7 Å². The van der Waals surface area contributed by atoms with Gasteiger partial charge in [0, 0.05) is 17.2 Å². The number of halogens is 1. The SMILES string of the molecule is CCn1nccc1C(=O)Nc1nc2c(Br)cccc2s1. The lowest BCUT2D eigenvalue weighted by Crippen LogP contribution is -2.17. The van der Waals surface area contributed by atoms with Gasteiger partial charge in [-0.25, -0.2) is 4.98 Å². The molecule has 1 aromatic carbocycles. The van der Waals surface area contributed by atoms with Crippen LogP contribution in [0.25, 0.3) is 10.2 Å². The molecule has 0 unspecified atom stereocenters. The van der Waals surface area contributed by atoms with Crippen LogP contribution >= 0.6 is 27.3 Å². The quantitative estimate of drug-likeness (QED) is 0.785. The van der Waals surface area contributed by atoms with Crippen molar-refractivity contribution in [2.75, 3.05) is 5.32 Å². The molecule has 0 fully saturated rings. The lowest BCUT2D eigenvalue weighted by Gasteiger charge is -2.03. The molecule has 0 aliphatic rings. The molecule has 102 valence electrons. The smallest absolute Gasteiger partial charge is 0.275 e. The number of amides is 1. The Morgan fingerprint density at radius 3 is 3.05 bits per heavy atom. The van der Waals surface area contributed by atoms with E-state index in [9.17, 15) is 4.79 Å². The van der Waals surface area contributed by atoms with Gasteiger partial charge in [0.25, 0.3) is 5.91 Å². The van der Waals surface area contributed by atoms with Gasteiger partial charge in [0.05, 0.1) is 10.2 Å². The fourth-order valence-corrected chi connectivity index (χ4v) is 3.38. The summed E-state index contributed by atoms with van der Waals surface area (Å²) >= 11 is 4.90. The molecule has 0 spiro atoms. The Hall–Kier alpha value is -1.73. The van der Waals surface area contributed by atoms with Crippen molar-refractivity contribution in [2.24, 2.45) is 0 Å². The van der Waals surface area contributed by atoms with Crippen molar-refractivity contribution >= 4 is 48.5 Å². The van der Waals surface area contributed by atoms with E-state index in [4.69, 9.17) is 0 Å². The first-order valence-electron chi connectivity index (χ1n) is 6.07. The Kier molecular flexibility index (Phi) is 3.54. The number of carbonyl (C=O) groups is 1. The maximum absolute atomic E-state index is 12.2. The number of carbonyl (C=O) groups excluding carboxylic acids is 1. The third-order valence-electron chi connectivity index (χ3n) is 2.84. The molecule has 1 amide bonds. The number of hydrogen-bond acceptors (Lipinski definition) is 4. The largest absolute Gasteiger partial charge is 0.296 e. The van der Waals surface area contributed by atoms with E-state index in [1.54, 1.807) is 16.9 Å². The van der Waals surface area contributed by atoms with Crippen molar-refractivity contribution in [3.05, 3.63) is 40.6 Å². The highest BCUT2D eigenvalue weighted by molar-refractivity contribution is 9.10. The Labute approximate surface area is 127 Å². The van der Waals surface area contributed by atoms with Gasteiger partial charge in [-0.2, -0.15) is 5.10 Å². The van der Waals surface area contributed by atoms with Gasteiger partial charge < -0.3 is 0 Å². The van der Waals surface area contributed by atoms with Gasteiger partial charge in [0.1, 0.15) is 5.69 Å².